The van der Waals surface area contributed by atoms with Crippen molar-refractivity contribution in [1.82, 2.24) is 0 Å². The van der Waals surface area contributed by atoms with Crippen molar-refractivity contribution in [3.05, 3.63) is 51.2 Å². The van der Waals surface area contributed by atoms with E-state index in [4.69, 9.17) is 10.5 Å². The van der Waals surface area contributed by atoms with Crippen LogP contribution in [0.4, 0.5) is 0 Å². The number of benzene rings is 1. The van der Waals surface area contributed by atoms with E-state index in [9.17, 15) is 0 Å². The number of thiophene rings is 1. The molecule has 18 heavy (non-hydrogen) atoms. The van der Waals surface area contributed by atoms with Crippen LogP contribution in [0, 0.1) is 13.8 Å². The summed E-state index contributed by atoms with van der Waals surface area (Å²) in [6.07, 6.45) is 0.866. The molecule has 0 radical (unpaired) electrons. The van der Waals surface area contributed by atoms with E-state index in [-0.39, 0.29) is 6.04 Å². The molecule has 0 saturated heterocycles. The van der Waals surface area contributed by atoms with Crippen molar-refractivity contribution >= 4 is 11.3 Å². The fourth-order valence-corrected chi connectivity index (χ4v) is 2.78. The smallest absolute Gasteiger partial charge is 0.129 e. The molecule has 3 heteroatoms. The summed E-state index contributed by atoms with van der Waals surface area (Å²) in [4.78, 5) is 1.17. The Labute approximate surface area is 112 Å². The minimum atomic E-state index is 0.0426. The summed E-state index contributed by atoms with van der Waals surface area (Å²) >= 11 is 1.66. The van der Waals surface area contributed by atoms with Gasteiger partial charge in [0.2, 0.25) is 0 Å². The van der Waals surface area contributed by atoms with E-state index in [1.807, 2.05) is 11.4 Å². The molecule has 2 aromatic rings. The largest absolute Gasteiger partial charge is 0.496 e. The molecule has 1 heterocycles. The van der Waals surface area contributed by atoms with Crippen LogP contribution in [-0.4, -0.2) is 7.11 Å². The highest BCUT2D eigenvalue weighted by Gasteiger charge is 2.10. The highest BCUT2D eigenvalue weighted by Crippen LogP contribution is 2.27. The van der Waals surface area contributed by atoms with Gasteiger partial charge in [-0.15, -0.1) is 11.3 Å². The fourth-order valence-electron chi connectivity index (χ4n) is 1.92. The van der Waals surface area contributed by atoms with Crippen molar-refractivity contribution in [2.24, 2.45) is 5.73 Å². The van der Waals surface area contributed by atoms with Crippen LogP contribution in [0.25, 0.3) is 0 Å². The van der Waals surface area contributed by atoms with Gasteiger partial charge in [-0.3, -0.25) is 0 Å². The van der Waals surface area contributed by atoms with E-state index in [2.05, 4.69) is 32.0 Å². The van der Waals surface area contributed by atoms with Gasteiger partial charge in [0, 0.05) is 16.3 Å². The maximum absolute atomic E-state index is 6.24. The Balaban J connectivity index is 2.10. The number of aryl methyl sites for hydroxylation is 2. The molecule has 0 aliphatic carbocycles. The zero-order valence-electron chi connectivity index (χ0n) is 11.1. The molecule has 1 unspecified atom stereocenters. The fraction of sp³-hybridized carbons (Fsp3) is 0.333. The van der Waals surface area contributed by atoms with Crippen LogP contribution in [0.2, 0.25) is 0 Å². The van der Waals surface area contributed by atoms with Gasteiger partial charge < -0.3 is 10.5 Å². The van der Waals surface area contributed by atoms with Gasteiger partial charge >= 0.3 is 0 Å². The molecule has 1 atom stereocenters. The summed E-state index contributed by atoms with van der Waals surface area (Å²) in [7, 11) is 1.68. The van der Waals surface area contributed by atoms with Crippen molar-refractivity contribution in [3.8, 4) is 5.75 Å². The molecule has 0 fully saturated rings. The standard InChI is InChI=1S/C15H19NOS/c1-10-4-5-12(6-11(10)2)7-14(16)15-8-13(17-3)9-18-15/h4-6,8-9,14H,7,16H2,1-3H3. The van der Waals surface area contributed by atoms with Gasteiger partial charge in [0.1, 0.15) is 5.75 Å². The third kappa shape index (κ3) is 2.92. The van der Waals surface area contributed by atoms with Crippen LogP contribution in [-0.2, 0) is 6.42 Å². The monoisotopic (exact) mass is 261 g/mol. The molecular weight excluding hydrogens is 242 g/mol. The van der Waals surface area contributed by atoms with Crippen molar-refractivity contribution in [1.29, 1.82) is 0 Å². The number of ether oxygens (including phenoxy) is 1. The number of nitrogens with two attached hydrogens (primary N) is 1. The maximum Gasteiger partial charge on any atom is 0.129 e. The number of methoxy groups -OCH3 is 1. The predicted octanol–water partition coefficient (Wildman–Crippen LogP) is 3.62. The number of rotatable bonds is 4. The molecule has 0 amide bonds. The van der Waals surface area contributed by atoms with Crippen molar-refractivity contribution in [2.45, 2.75) is 26.3 Å². The first-order chi connectivity index (χ1) is 8.60. The zero-order chi connectivity index (χ0) is 13.1. The van der Waals surface area contributed by atoms with E-state index in [0.29, 0.717) is 0 Å². The third-order valence-corrected chi connectivity index (χ3v) is 4.27. The summed E-state index contributed by atoms with van der Waals surface area (Å²) in [6, 6.07) is 8.61. The van der Waals surface area contributed by atoms with Crippen LogP contribution in [0.15, 0.2) is 29.6 Å². The molecule has 0 bridgehead atoms. The Morgan fingerprint density at radius 3 is 2.61 bits per heavy atom. The first-order valence-corrected chi connectivity index (χ1v) is 6.92. The summed E-state index contributed by atoms with van der Waals surface area (Å²) < 4.78 is 5.18. The molecular formula is C15H19NOS. The number of hydrogen-bond acceptors (Lipinski definition) is 3. The Morgan fingerprint density at radius 2 is 2.00 bits per heavy atom. The van der Waals surface area contributed by atoms with Gasteiger partial charge in [0.15, 0.2) is 0 Å². The second-order valence-corrected chi connectivity index (χ2v) is 5.56. The minimum absolute atomic E-state index is 0.0426. The molecule has 2 N–H and O–H groups in total. The lowest BCUT2D eigenvalue weighted by atomic mass is 10.0. The topological polar surface area (TPSA) is 35.2 Å². The molecule has 96 valence electrons. The lowest BCUT2D eigenvalue weighted by Crippen LogP contribution is -2.11. The minimum Gasteiger partial charge on any atom is -0.496 e. The molecule has 0 aliphatic heterocycles. The second kappa shape index (κ2) is 5.55. The molecule has 1 aromatic heterocycles. The van der Waals surface area contributed by atoms with Crippen LogP contribution >= 0.6 is 11.3 Å². The highest BCUT2D eigenvalue weighted by atomic mass is 32.1. The van der Waals surface area contributed by atoms with Crippen molar-refractivity contribution in [2.75, 3.05) is 7.11 Å². The molecule has 2 rings (SSSR count). The van der Waals surface area contributed by atoms with Gasteiger partial charge in [-0.05, 0) is 43.0 Å². The lowest BCUT2D eigenvalue weighted by Gasteiger charge is -2.11. The van der Waals surface area contributed by atoms with E-state index in [1.165, 1.54) is 21.6 Å². The van der Waals surface area contributed by atoms with Crippen molar-refractivity contribution in [3.63, 3.8) is 0 Å². The van der Waals surface area contributed by atoms with Crippen molar-refractivity contribution < 1.29 is 4.74 Å². The van der Waals surface area contributed by atoms with Crippen LogP contribution in [0.1, 0.15) is 27.6 Å². The Morgan fingerprint density at radius 1 is 1.22 bits per heavy atom. The molecule has 1 aromatic carbocycles. The highest BCUT2D eigenvalue weighted by molar-refractivity contribution is 7.10. The summed E-state index contributed by atoms with van der Waals surface area (Å²) in [5.74, 6) is 0.894. The quantitative estimate of drug-likeness (QED) is 0.912. The van der Waals surface area contributed by atoms with Crippen LogP contribution < -0.4 is 10.5 Å². The molecule has 2 nitrogen and oxygen atoms in total. The van der Waals surface area contributed by atoms with Gasteiger partial charge in [-0.1, -0.05) is 18.2 Å². The molecule has 0 spiro atoms. The molecule has 0 saturated carbocycles. The second-order valence-electron chi connectivity index (χ2n) is 4.62. The van der Waals surface area contributed by atoms with Gasteiger partial charge in [-0.2, -0.15) is 0 Å². The van der Waals surface area contributed by atoms with Crippen LogP contribution in [0.5, 0.6) is 5.75 Å². The van der Waals surface area contributed by atoms with E-state index in [0.717, 1.165) is 12.2 Å². The van der Waals surface area contributed by atoms with Crippen LogP contribution in [0.3, 0.4) is 0 Å². The average molecular weight is 261 g/mol. The first-order valence-electron chi connectivity index (χ1n) is 6.04. The lowest BCUT2D eigenvalue weighted by molar-refractivity contribution is 0.416. The van der Waals surface area contributed by atoms with E-state index in [1.54, 1.807) is 18.4 Å². The van der Waals surface area contributed by atoms with E-state index >= 15 is 0 Å². The summed E-state index contributed by atoms with van der Waals surface area (Å²) in [6.45, 7) is 4.27. The first kappa shape index (κ1) is 13.1. The normalized spacial score (nSPS) is 12.4. The van der Waals surface area contributed by atoms with Gasteiger partial charge in [-0.25, -0.2) is 0 Å². The number of hydrogen-bond donors (Lipinski definition) is 1. The van der Waals surface area contributed by atoms with Gasteiger partial charge in [0.05, 0.1) is 7.11 Å². The Bertz CT molecular complexity index is 533. The maximum atomic E-state index is 6.24. The zero-order valence-corrected chi connectivity index (χ0v) is 11.9. The van der Waals surface area contributed by atoms with E-state index < -0.39 is 0 Å². The third-order valence-electron chi connectivity index (χ3n) is 3.22. The molecule has 0 aliphatic rings. The summed E-state index contributed by atoms with van der Waals surface area (Å²) in [5.41, 5.74) is 10.2. The SMILES string of the molecule is COc1csc(C(N)Cc2ccc(C)c(C)c2)c1. The predicted molar refractivity (Wildman–Crippen MR) is 77.4 cm³/mol. The van der Waals surface area contributed by atoms with Gasteiger partial charge in [0.25, 0.3) is 0 Å². The average Bonchev–Trinajstić information content (AvgIpc) is 2.82. The Hall–Kier alpha value is -1.32. The summed E-state index contributed by atoms with van der Waals surface area (Å²) in [5, 5.41) is 2.00. The Kier molecular flexibility index (Phi) is 4.04.